The average molecular weight is 224 g/mol. The van der Waals surface area contributed by atoms with Gasteiger partial charge < -0.3 is 10.4 Å². The molecule has 0 bridgehead atoms. The van der Waals surface area contributed by atoms with Gasteiger partial charge >= 0.3 is 0 Å². The van der Waals surface area contributed by atoms with Gasteiger partial charge in [0, 0.05) is 29.6 Å². The van der Waals surface area contributed by atoms with Gasteiger partial charge in [0.1, 0.15) is 5.75 Å². The molecule has 0 aliphatic rings. The van der Waals surface area contributed by atoms with E-state index in [4.69, 9.17) is 18.0 Å². The van der Waals surface area contributed by atoms with E-state index in [2.05, 4.69) is 11.2 Å². The molecule has 0 radical (unpaired) electrons. The molecule has 0 amide bonds. The van der Waals surface area contributed by atoms with Gasteiger partial charge in [-0.3, -0.25) is 0 Å². The fraction of sp³-hybridized carbons (Fsp3) is 0.333. The molecule has 0 aromatic heterocycles. The second kappa shape index (κ2) is 5.65. The zero-order chi connectivity index (χ0) is 11.3. The Morgan fingerprint density at radius 1 is 1.60 bits per heavy atom. The summed E-state index contributed by atoms with van der Waals surface area (Å²) in [4.78, 5) is 0. The number of hydrogen-bond donors (Lipinski definition) is 2. The van der Waals surface area contributed by atoms with Crippen molar-refractivity contribution in [1.29, 1.82) is 0 Å². The topological polar surface area (TPSA) is 32.3 Å². The van der Waals surface area contributed by atoms with Crippen molar-refractivity contribution in [2.45, 2.75) is 25.9 Å². The normalized spacial score (nSPS) is 12.1. The molecule has 80 valence electrons. The second-order valence-electron chi connectivity index (χ2n) is 3.43. The number of hydrogen-bond acceptors (Lipinski definition) is 2. The van der Waals surface area contributed by atoms with Crippen molar-refractivity contribution in [3.8, 4) is 18.1 Å². The number of nitrogens with one attached hydrogen (secondary N) is 1. The van der Waals surface area contributed by atoms with E-state index < -0.39 is 0 Å². The summed E-state index contributed by atoms with van der Waals surface area (Å²) in [7, 11) is 0. The fourth-order valence-electron chi connectivity index (χ4n) is 1.25. The van der Waals surface area contributed by atoms with E-state index in [1.807, 2.05) is 6.92 Å². The van der Waals surface area contributed by atoms with E-state index in [-0.39, 0.29) is 11.8 Å². The number of phenolic OH excluding ortho intramolecular Hbond substituents is 1. The third-order valence-corrected chi connectivity index (χ3v) is 2.50. The first-order chi connectivity index (χ1) is 7.15. The quantitative estimate of drug-likeness (QED) is 0.769. The highest BCUT2D eigenvalue weighted by molar-refractivity contribution is 6.31. The summed E-state index contributed by atoms with van der Waals surface area (Å²) in [5.41, 5.74) is 0.711. The molecule has 15 heavy (non-hydrogen) atoms. The molecule has 0 fully saturated rings. The van der Waals surface area contributed by atoms with Crippen LogP contribution >= 0.6 is 11.6 Å². The third-order valence-electron chi connectivity index (χ3n) is 2.15. The van der Waals surface area contributed by atoms with Crippen LogP contribution in [0, 0.1) is 12.3 Å². The molecule has 0 saturated carbocycles. The summed E-state index contributed by atoms with van der Waals surface area (Å²) >= 11 is 5.95. The smallest absolute Gasteiger partial charge is 0.121 e. The Morgan fingerprint density at radius 3 is 2.93 bits per heavy atom. The van der Waals surface area contributed by atoms with Gasteiger partial charge in [-0.15, -0.1) is 12.3 Å². The molecule has 0 saturated heterocycles. The molecular weight excluding hydrogens is 210 g/mol. The van der Waals surface area contributed by atoms with Crippen LogP contribution in [-0.2, 0) is 6.54 Å². The molecule has 1 atom stereocenters. The Balaban J connectivity index is 2.62. The van der Waals surface area contributed by atoms with E-state index in [1.54, 1.807) is 18.2 Å². The number of halogens is 1. The zero-order valence-electron chi connectivity index (χ0n) is 8.63. The van der Waals surface area contributed by atoms with E-state index >= 15 is 0 Å². The Hall–Kier alpha value is -1.17. The molecule has 1 unspecified atom stereocenters. The van der Waals surface area contributed by atoms with Gasteiger partial charge in [0.15, 0.2) is 0 Å². The minimum absolute atomic E-state index is 0.211. The van der Waals surface area contributed by atoms with Gasteiger partial charge in [0.2, 0.25) is 0 Å². The van der Waals surface area contributed by atoms with E-state index in [1.165, 1.54) is 0 Å². The van der Waals surface area contributed by atoms with Crippen LogP contribution in [0.4, 0.5) is 0 Å². The van der Waals surface area contributed by atoms with Crippen LogP contribution in [0.5, 0.6) is 5.75 Å². The lowest BCUT2D eigenvalue weighted by atomic mass is 10.1. The van der Waals surface area contributed by atoms with Crippen molar-refractivity contribution >= 4 is 11.6 Å². The SMILES string of the molecule is C#CCC(C)NCc1c(O)cccc1Cl. The average Bonchev–Trinajstić information content (AvgIpc) is 2.17. The second-order valence-corrected chi connectivity index (χ2v) is 3.83. The van der Waals surface area contributed by atoms with E-state index in [0.717, 1.165) is 0 Å². The molecule has 1 rings (SSSR count). The molecule has 0 spiro atoms. The molecule has 0 aliphatic carbocycles. The monoisotopic (exact) mass is 223 g/mol. The summed E-state index contributed by atoms with van der Waals surface area (Å²) in [6.07, 6.45) is 5.85. The highest BCUT2D eigenvalue weighted by Crippen LogP contribution is 2.24. The summed E-state index contributed by atoms with van der Waals surface area (Å²) in [6, 6.07) is 5.30. The van der Waals surface area contributed by atoms with Crippen LogP contribution in [-0.4, -0.2) is 11.1 Å². The van der Waals surface area contributed by atoms with Crippen LogP contribution < -0.4 is 5.32 Å². The molecule has 3 heteroatoms. The van der Waals surface area contributed by atoms with Gasteiger partial charge in [-0.1, -0.05) is 17.7 Å². The van der Waals surface area contributed by atoms with Crippen molar-refractivity contribution in [2.24, 2.45) is 0 Å². The first-order valence-corrected chi connectivity index (χ1v) is 5.16. The lowest BCUT2D eigenvalue weighted by Gasteiger charge is -2.12. The summed E-state index contributed by atoms with van der Waals surface area (Å²) in [6.45, 7) is 2.52. The minimum Gasteiger partial charge on any atom is -0.508 e. The van der Waals surface area contributed by atoms with Gasteiger partial charge in [0.25, 0.3) is 0 Å². The Bertz CT molecular complexity index is 350. The van der Waals surface area contributed by atoms with Crippen molar-refractivity contribution in [3.05, 3.63) is 28.8 Å². The van der Waals surface area contributed by atoms with Crippen molar-refractivity contribution in [3.63, 3.8) is 0 Å². The third kappa shape index (κ3) is 3.47. The number of terminal acetylenes is 1. The molecule has 0 aliphatic heterocycles. The lowest BCUT2D eigenvalue weighted by molar-refractivity contribution is 0.459. The number of rotatable bonds is 4. The largest absolute Gasteiger partial charge is 0.508 e. The lowest BCUT2D eigenvalue weighted by Crippen LogP contribution is -2.25. The molecule has 0 heterocycles. The number of benzene rings is 1. The number of phenols is 1. The Kier molecular flexibility index (Phi) is 4.48. The first-order valence-electron chi connectivity index (χ1n) is 4.78. The van der Waals surface area contributed by atoms with Crippen LogP contribution in [0.1, 0.15) is 18.9 Å². The first kappa shape index (κ1) is 11.9. The predicted molar refractivity (Wildman–Crippen MR) is 62.9 cm³/mol. The Labute approximate surface area is 95.3 Å². The molecule has 1 aromatic carbocycles. The van der Waals surface area contributed by atoms with Gasteiger partial charge in [0.05, 0.1) is 0 Å². The van der Waals surface area contributed by atoms with Gasteiger partial charge in [-0.05, 0) is 19.1 Å². The highest BCUT2D eigenvalue weighted by Gasteiger charge is 2.07. The molecule has 2 nitrogen and oxygen atoms in total. The summed E-state index contributed by atoms with van der Waals surface area (Å²) < 4.78 is 0. The van der Waals surface area contributed by atoms with Crippen molar-refractivity contribution in [2.75, 3.05) is 0 Å². The highest BCUT2D eigenvalue weighted by atomic mass is 35.5. The molecular formula is C12H14ClNO. The molecule has 2 N–H and O–H groups in total. The van der Waals surface area contributed by atoms with Gasteiger partial charge in [-0.2, -0.15) is 0 Å². The molecule has 1 aromatic rings. The maximum atomic E-state index is 9.57. The Morgan fingerprint density at radius 2 is 2.33 bits per heavy atom. The predicted octanol–water partition coefficient (Wildman–Crippen LogP) is 2.55. The van der Waals surface area contributed by atoms with Crippen molar-refractivity contribution < 1.29 is 5.11 Å². The number of aromatic hydroxyl groups is 1. The minimum atomic E-state index is 0.211. The van der Waals surface area contributed by atoms with E-state index in [0.29, 0.717) is 23.6 Å². The van der Waals surface area contributed by atoms with Crippen LogP contribution in [0.2, 0.25) is 5.02 Å². The van der Waals surface area contributed by atoms with Crippen molar-refractivity contribution in [1.82, 2.24) is 5.32 Å². The summed E-state index contributed by atoms with van der Waals surface area (Å²) in [5.74, 6) is 2.79. The van der Waals surface area contributed by atoms with Crippen LogP contribution in [0.25, 0.3) is 0 Å². The zero-order valence-corrected chi connectivity index (χ0v) is 9.38. The standard InChI is InChI=1S/C12H14ClNO/c1-3-5-9(2)14-8-10-11(13)6-4-7-12(10)15/h1,4,6-7,9,14-15H,5,8H2,2H3. The fourth-order valence-corrected chi connectivity index (χ4v) is 1.48. The maximum Gasteiger partial charge on any atom is 0.121 e. The van der Waals surface area contributed by atoms with Crippen LogP contribution in [0.15, 0.2) is 18.2 Å². The summed E-state index contributed by atoms with van der Waals surface area (Å²) in [5, 5.41) is 13.3. The van der Waals surface area contributed by atoms with Gasteiger partial charge in [-0.25, -0.2) is 0 Å². The maximum absolute atomic E-state index is 9.57. The van der Waals surface area contributed by atoms with E-state index in [9.17, 15) is 5.11 Å². The van der Waals surface area contributed by atoms with Crippen LogP contribution in [0.3, 0.4) is 0 Å².